The van der Waals surface area contributed by atoms with E-state index in [1.165, 1.54) is 0 Å². The second kappa shape index (κ2) is 14.4. The molecule has 13 nitrogen and oxygen atoms in total. The van der Waals surface area contributed by atoms with E-state index in [1.807, 2.05) is 0 Å². The fourth-order valence-corrected chi connectivity index (χ4v) is 3.13. The lowest BCUT2D eigenvalue weighted by atomic mass is 10.0. The maximum absolute atomic E-state index is 13.1. The first-order valence-electron chi connectivity index (χ1n) is 11.3. The molecule has 13 heteroatoms. The first-order chi connectivity index (χ1) is 16.8. The van der Waals surface area contributed by atoms with Gasteiger partial charge in [0.05, 0.1) is 12.5 Å². The summed E-state index contributed by atoms with van der Waals surface area (Å²) in [4.78, 5) is 72.5. The van der Waals surface area contributed by atoms with E-state index in [2.05, 4.69) is 16.0 Å². The van der Waals surface area contributed by atoms with Crippen LogP contribution in [0.25, 0.3) is 0 Å². The van der Waals surface area contributed by atoms with Crippen LogP contribution >= 0.6 is 0 Å². The number of primary amides is 2. The molecule has 198 valence electrons. The fraction of sp³-hybridized carbons (Fsp3) is 0.478. The van der Waals surface area contributed by atoms with Gasteiger partial charge in [-0.1, -0.05) is 44.2 Å². The number of nitrogens with two attached hydrogens (primary N) is 3. The number of benzene rings is 1. The third kappa shape index (κ3) is 10.5. The van der Waals surface area contributed by atoms with Gasteiger partial charge in [0.25, 0.3) is 0 Å². The Balaban J connectivity index is 3.10. The van der Waals surface area contributed by atoms with Gasteiger partial charge in [-0.25, -0.2) is 4.79 Å². The van der Waals surface area contributed by atoms with E-state index in [0.29, 0.717) is 5.56 Å². The average Bonchev–Trinajstić information content (AvgIpc) is 2.79. The molecule has 36 heavy (non-hydrogen) atoms. The summed E-state index contributed by atoms with van der Waals surface area (Å²) < 4.78 is 0. The van der Waals surface area contributed by atoms with Gasteiger partial charge in [-0.05, 0) is 17.9 Å². The molecule has 5 amide bonds. The molecule has 0 fully saturated rings. The van der Waals surface area contributed by atoms with Crippen LogP contribution in [0.15, 0.2) is 30.3 Å². The Morgan fingerprint density at radius 2 is 1.33 bits per heavy atom. The number of hydrogen-bond acceptors (Lipinski definition) is 7. The predicted octanol–water partition coefficient (Wildman–Crippen LogP) is -2.11. The van der Waals surface area contributed by atoms with E-state index in [9.17, 15) is 33.9 Å². The molecule has 10 N–H and O–H groups in total. The molecule has 1 aromatic rings. The van der Waals surface area contributed by atoms with Crippen molar-refractivity contribution < 1.29 is 33.9 Å². The van der Waals surface area contributed by atoms with Gasteiger partial charge in [0.2, 0.25) is 29.5 Å². The van der Waals surface area contributed by atoms with Crippen LogP contribution in [-0.4, -0.2) is 64.8 Å². The maximum atomic E-state index is 13.1. The van der Waals surface area contributed by atoms with Crippen LogP contribution in [0.4, 0.5) is 0 Å². The predicted molar refractivity (Wildman–Crippen MR) is 129 cm³/mol. The largest absolute Gasteiger partial charge is 0.480 e. The first kappa shape index (κ1) is 30.0. The second-order valence-corrected chi connectivity index (χ2v) is 8.66. The van der Waals surface area contributed by atoms with Crippen molar-refractivity contribution in [2.24, 2.45) is 23.1 Å². The number of carbonyl (C=O) groups is 6. The van der Waals surface area contributed by atoms with E-state index in [1.54, 1.807) is 44.2 Å². The highest BCUT2D eigenvalue weighted by Crippen LogP contribution is 2.07. The van der Waals surface area contributed by atoms with Gasteiger partial charge in [0.1, 0.15) is 18.1 Å². The molecule has 4 unspecified atom stereocenters. The van der Waals surface area contributed by atoms with Gasteiger partial charge < -0.3 is 38.3 Å². The minimum atomic E-state index is -1.54. The fourth-order valence-electron chi connectivity index (χ4n) is 3.13. The van der Waals surface area contributed by atoms with Crippen molar-refractivity contribution in [3.8, 4) is 0 Å². The molecule has 0 aliphatic rings. The lowest BCUT2D eigenvalue weighted by molar-refractivity contribution is -0.142. The molecule has 0 aromatic heterocycles. The molecule has 0 aliphatic carbocycles. The summed E-state index contributed by atoms with van der Waals surface area (Å²) in [5, 5.41) is 16.4. The third-order valence-corrected chi connectivity index (χ3v) is 5.27. The van der Waals surface area contributed by atoms with Crippen molar-refractivity contribution in [1.29, 1.82) is 0 Å². The second-order valence-electron chi connectivity index (χ2n) is 8.66. The summed E-state index contributed by atoms with van der Waals surface area (Å²) in [5.41, 5.74) is 16.8. The Bertz CT molecular complexity index is 954. The minimum absolute atomic E-state index is 0.0461. The molecule has 0 aliphatic heterocycles. The van der Waals surface area contributed by atoms with Gasteiger partial charge in [-0.2, -0.15) is 0 Å². The summed E-state index contributed by atoms with van der Waals surface area (Å²) in [6.45, 7) is 3.47. The number of carboxylic acids is 1. The van der Waals surface area contributed by atoms with Crippen LogP contribution < -0.4 is 33.2 Å². The van der Waals surface area contributed by atoms with Crippen LogP contribution in [0.5, 0.6) is 0 Å². The summed E-state index contributed by atoms with van der Waals surface area (Å²) in [7, 11) is 0. The molecular formula is C23H34N6O7. The van der Waals surface area contributed by atoms with Gasteiger partial charge in [0, 0.05) is 12.8 Å². The van der Waals surface area contributed by atoms with E-state index in [4.69, 9.17) is 17.2 Å². The molecule has 0 saturated heterocycles. The van der Waals surface area contributed by atoms with Crippen molar-refractivity contribution in [1.82, 2.24) is 16.0 Å². The molecule has 0 heterocycles. The maximum Gasteiger partial charge on any atom is 0.326 e. The lowest BCUT2D eigenvalue weighted by Crippen LogP contribution is -2.58. The number of carbonyl (C=O) groups excluding carboxylic acids is 5. The smallest absolute Gasteiger partial charge is 0.326 e. The van der Waals surface area contributed by atoms with Crippen molar-refractivity contribution in [2.75, 3.05) is 0 Å². The molecule has 4 atom stereocenters. The average molecular weight is 507 g/mol. The minimum Gasteiger partial charge on any atom is -0.480 e. The number of aliphatic carboxylic acids is 1. The van der Waals surface area contributed by atoms with Gasteiger partial charge >= 0.3 is 5.97 Å². The van der Waals surface area contributed by atoms with Gasteiger partial charge in [0.15, 0.2) is 0 Å². The zero-order valence-corrected chi connectivity index (χ0v) is 20.2. The molecule has 0 spiro atoms. The van der Waals surface area contributed by atoms with Crippen molar-refractivity contribution in [3.05, 3.63) is 35.9 Å². The summed E-state index contributed by atoms with van der Waals surface area (Å²) >= 11 is 0. The normalized spacial score (nSPS) is 14.1. The van der Waals surface area contributed by atoms with Crippen LogP contribution in [0.2, 0.25) is 0 Å². The Labute approximate surface area is 208 Å². The SMILES string of the molecule is CC(C)C(N)C(=O)NC(Cc1ccccc1)C(=O)NC(CC(N)=O)C(=O)NC(CCC(N)=O)C(=O)O. The Morgan fingerprint density at radius 1 is 0.806 bits per heavy atom. The lowest BCUT2D eigenvalue weighted by Gasteiger charge is -2.25. The number of rotatable bonds is 15. The first-order valence-corrected chi connectivity index (χ1v) is 11.3. The zero-order valence-electron chi connectivity index (χ0n) is 20.2. The monoisotopic (exact) mass is 506 g/mol. The van der Waals surface area contributed by atoms with E-state index >= 15 is 0 Å². The quantitative estimate of drug-likeness (QED) is 0.139. The Kier molecular flexibility index (Phi) is 12.0. The van der Waals surface area contributed by atoms with Gasteiger partial charge in [-0.15, -0.1) is 0 Å². The van der Waals surface area contributed by atoms with Crippen molar-refractivity contribution in [2.45, 2.75) is 63.7 Å². The van der Waals surface area contributed by atoms with Crippen LogP contribution in [0.3, 0.4) is 0 Å². The molecule has 1 rings (SSSR count). The highest BCUT2D eigenvalue weighted by molar-refractivity contribution is 5.96. The van der Waals surface area contributed by atoms with Gasteiger partial charge in [-0.3, -0.25) is 24.0 Å². The van der Waals surface area contributed by atoms with Crippen LogP contribution in [-0.2, 0) is 35.2 Å². The highest BCUT2D eigenvalue weighted by Gasteiger charge is 2.31. The highest BCUT2D eigenvalue weighted by atomic mass is 16.4. The van der Waals surface area contributed by atoms with Crippen molar-refractivity contribution in [3.63, 3.8) is 0 Å². The van der Waals surface area contributed by atoms with Crippen LogP contribution in [0, 0.1) is 5.92 Å². The molecule has 1 aromatic carbocycles. The Morgan fingerprint density at radius 3 is 1.83 bits per heavy atom. The molecule has 0 saturated carbocycles. The molecule has 0 bridgehead atoms. The zero-order chi connectivity index (χ0) is 27.4. The standard InChI is InChI=1S/C23H34N6O7/c1-12(2)19(26)22(34)29-15(10-13-6-4-3-5-7-13)20(32)28-16(11-18(25)31)21(33)27-14(23(35)36)8-9-17(24)30/h3-7,12,14-16,19H,8-11,26H2,1-2H3,(H2,24,30)(H2,25,31)(H,27,33)(H,28,32)(H,29,34)(H,35,36). The summed E-state index contributed by atoms with van der Waals surface area (Å²) in [6, 6.07) is 3.62. The summed E-state index contributed by atoms with van der Waals surface area (Å²) in [5.74, 6) is -5.77. The topological polar surface area (TPSA) is 237 Å². The summed E-state index contributed by atoms with van der Waals surface area (Å²) in [6.07, 6.45) is -1.21. The van der Waals surface area contributed by atoms with E-state index in [0.717, 1.165) is 0 Å². The molecule has 0 radical (unpaired) electrons. The number of hydrogen-bond donors (Lipinski definition) is 7. The number of nitrogens with one attached hydrogen (secondary N) is 3. The number of amides is 5. The number of carboxylic acid groups (broad SMARTS) is 1. The Hall–Kier alpha value is -4.00. The molecular weight excluding hydrogens is 472 g/mol. The third-order valence-electron chi connectivity index (χ3n) is 5.27. The van der Waals surface area contributed by atoms with E-state index < -0.39 is 66.1 Å². The van der Waals surface area contributed by atoms with E-state index in [-0.39, 0.29) is 25.2 Å². The van der Waals surface area contributed by atoms with Crippen LogP contribution in [0.1, 0.15) is 38.7 Å². The van der Waals surface area contributed by atoms with Crippen molar-refractivity contribution >= 4 is 35.5 Å².